The zero-order valence-electron chi connectivity index (χ0n) is 12.1. The fourth-order valence-electron chi connectivity index (χ4n) is 2.75. The molecule has 3 rings (SSSR count). The first-order valence-corrected chi connectivity index (χ1v) is 7.56. The van der Waals surface area contributed by atoms with Crippen molar-refractivity contribution in [2.24, 2.45) is 5.92 Å². The summed E-state index contributed by atoms with van der Waals surface area (Å²) in [5.74, 6) is 1.40. The van der Waals surface area contributed by atoms with Gasteiger partial charge in [0, 0.05) is 19.5 Å². The molecule has 5 heteroatoms. The fraction of sp³-hybridized carbons (Fsp3) is 0.500. The van der Waals surface area contributed by atoms with Crippen LogP contribution < -0.4 is 10.2 Å². The first-order chi connectivity index (χ1) is 10.3. The Morgan fingerprint density at radius 3 is 2.90 bits per heavy atom. The third-order valence-electron chi connectivity index (χ3n) is 3.93. The van der Waals surface area contributed by atoms with Crippen molar-refractivity contribution < 1.29 is 9.53 Å². The van der Waals surface area contributed by atoms with Gasteiger partial charge in [-0.1, -0.05) is 12.2 Å². The van der Waals surface area contributed by atoms with Gasteiger partial charge in [0.25, 0.3) is 0 Å². The summed E-state index contributed by atoms with van der Waals surface area (Å²) in [5, 5.41) is 2.92. The Morgan fingerprint density at radius 1 is 1.38 bits per heavy atom. The average Bonchev–Trinajstić information content (AvgIpc) is 3.02. The lowest BCUT2D eigenvalue weighted by Crippen LogP contribution is -2.36. The van der Waals surface area contributed by atoms with Gasteiger partial charge in [-0.3, -0.25) is 4.79 Å². The van der Waals surface area contributed by atoms with Crippen LogP contribution in [-0.4, -0.2) is 37.2 Å². The van der Waals surface area contributed by atoms with Gasteiger partial charge >= 0.3 is 0 Å². The van der Waals surface area contributed by atoms with Crippen molar-refractivity contribution in [3.8, 4) is 0 Å². The summed E-state index contributed by atoms with van der Waals surface area (Å²) in [6.45, 7) is 3.23. The maximum Gasteiger partial charge on any atom is 0.225 e. The lowest BCUT2D eigenvalue weighted by Gasteiger charge is -2.27. The number of hydrogen-bond donors (Lipinski definition) is 1. The maximum absolute atomic E-state index is 12.0. The van der Waals surface area contributed by atoms with Crippen molar-refractivity contribution in [2.45, 2.75) is 19.3 Å². The smallest absolute Gasteiger partial charge is 0.225 e. The third-order valence-corrected chi connectivity index (χ3v) is 3.93. The van der Waals surface area contributed by atoms with E-state index in [2.05, 4.69) is 27.4 Å². The Balaban J connectivity index is 1.53. The Hall–Kier alpha value is -1.88. The first kappa shape index (κ1) is 14.1. The van der Waals surface area contributed by atoms with Crippen molar-refractivity contribution in [1.82, 2.24) is 4.98 Å². The van der Waals surface area contributed by atoms with Crippen LogP contribution in [0.3, 0.4) is 0 Å². The Morgan fingerprint density at radius 2 is 2.24 bits per heavy atom. The molecule has 2 aliphatic rings. The van der Waals surface area contributed by atoms with E-state index in [0.717, 1.165) is 50.7 Å². The summed E-state index contributed by atoms with van der Waals surface area (Å²) in [4.78, 5) is 18.6. The molecule has 0 saturated carbocycles. The van der Waals surface area contributed by atoms with Crippen LogP contribution in [0.4, 0.5) is 11.5 Å². The van der Waals surface area contributed by atoms with Crippen LogP contribution in [-0.2, 0) is 9.53 Å². The van der Waals surface area contributed by atoms with Crippen molar-refractivity contribution >= 4 is 17.4 Å². The number of carbonyl (C=O) groups is 1. The van der Waals surface area contributed by atoms with Crippen LogP contribution >= 0.6 is 0 Å². The highest BCUT2D eigenvalue weighted by Crippen LogP contribution is 2.21. The van der Waals surface area contributed by atoms with Crippen molar-refractivity contribution in [3.05, 3.63) is 30.5 Å². The molecule has 1 amide bonds. The molecular formula is C16H21N3O2. The number of aromatic nitrogens is 1. The molecule has 0 aromatic carbocycles. The van der Waals surface area contributed by atoms with Crippen LogP contribution in [0.2, 0.25) is 0 Å². The van der Waals surface area contributed by atoms with Crippen LogP contribution in [0, 0.1) is 5.92 Å². The lowest BCUT2D eigenvalue weighted by atomic mass is 10.1. The fourth-order valence-corrected chi connectivity index (χ4v) is 2.75. The van der Waals surface area contributed by atoms with E-state index >= 15 is 0 Å². The average molecular weight is 287 g/mol. The molecule has 0 unspecified atom stereocenters. The molecule has 0 radical (unpaired) electrons. The number of nitrogens with zero attached hydrogens (tertiary/aromatic N) is 2. The van der Waals surface area contributed by atoms with Gasteiger partial charge in [-0.2, -0.15) is 0 Å². The van der Waals surface area contributed by atoms with Crippen LogP contribution in [0.25, 0.3) is 0 Å². The summed E-state index contributed by atoms with van der Waals surface area (Å²) in [7, 11) is 0. The number of ether oxygens (including phenoxy) is 1. The standard InChI is InChI=1S/C16H21N3O2/c20-16(11-13-3-1-2-4-13)18-14-5-6-15(17-12-14)19-7-9-21-10-8-19/h1,3,5-6,12-13H,2,4,7-11H2,(H,18,20)/t13-/m0/s1. The lowest BCUT2D eigenvalue weighted by molar-refractivity contribution is -0.116. The van der Waals surface area contributed by atoms with Gasteiger partial charge in [0.05, 0.1) is 25.1 Å². The number of anilines is 2. The number of hydrogen-bond acceptors (Lipinski definition) is 4. The van der Waals surface area contributed by atoms with Crippen molar-refractivity contribution in [3.63, 3.8) is 0 Å². The molecule has 1 saturated heterocycles. The molecule has 1 aliphatic heterocycles. The molecular weight excluding hydrogens is 266 g/mol. The quantitative estimate of drug-likeness (QED) is 0.863. The minimum Gasteiger partial charge on any atom is -0.378 e. The van der Waals surface area contributed by atoms with Gasteiger partial charge in [0.15, 0.2) is 0 Å². The van der Waals surface area contributed by atoms with Gasteiger partial charge in [0.2, 0.25) is 5.91 Å². The monoisotopic (exact) mass is 287 g/mol. The van der Waals surface area contributed by atoms with E-state index in [1.807, 2.05) is 12.1 Å². The highest BCUT2D eigenvalue weighted by Gasteiger charge is 2.15. The molecule has 1 atom stereocenters. The molecule has 0 spiro atoms. The molecule has 5 nitrogen and oxygen atoms in total. The number of morpholine rings is 1. The second-order valence-electron chi connectivity index (χ2n) is 5.52. The Bertz CT molecular complexity index is 507. The number of rotatable bonds is 4. The molecule has 1 N–H and O–H groups in total. The van der Waals surface area contributed by atoms with Crippen molar-refractivity contribution in [1.29, 1.82) is 0 Å². The van der Waals surface area contributed by atoms with E-state index < -0.39 is 0 Å². The Kier molecular flexibility index (Phi) is 4.50. The van der Waals surface area contributed by atoms with E-state index in [9.17, 15) is 4.79 Å². The van der Waals surface area contributed by atoms with E-state index in [0.29, 0.717) is 12.3 Å². The second kappa shape index (κ2) is 6.72. The van der Waals surface area contributed by atoms with E-state index in [1.165, 1.54) is 0 Å². The number of allylic oxidation sites excluding steroid dienone is 2. The summed E-state index contributed by atoms with van der Waals surface area (Å²) < 4.78 is 5.33. The molecule has 1 fully saturated rings. The van der Waals surface area contributed by atoms with Gasteiger partial charge in [-0.15, -0.1) is 0 Å². The normalized spacial score (nSPS) is 21.5. The van der Waals surface area contributed by atoms with Crippen LogP contribution in [0.1, 0.15) is 19.3 Å². The number of carbonyl (C=O) groups excluding carboxylic acids is 1. The summed E-state index contributed by atoms with van der Waals surface area (Å²) in [6, 6.07) is 3.87. The predicted octanol–water partition coefficient (Wildman–Crippen LogP) is 2.21. The van der Waals surface area contributed by atoms with Gasteiger partial charge in [-0.25, -0.2) is 4.98 Å². The van der Waals surface area contributed by atoms with E-state index in [4.69, 9.17) is 4.74 Å². The molecule has 2 heterocycles. The number of amides is 1. The summed E-state index contributed by atoms with van der Waals surface area (Å²) >= 11 is 0. The number of pyridine rings is 1. The maximum atomic E-state index is 12.0. The van der Waals surface area contributed by atoms with Crippen LogP contribution in [0.5, 0.6) is 0 Å². The summed E-state index contributed by atoms with van der Waals surface area (Å²) in [5.41, 5.74) is 0.763. The number of nitrogens with one attached hydrogen (secondary N) is 1. The zero-order chi connectivity index (χ0) is 14.5. The topological polar surface area (TPSA) is 54.5 Å². The molecule has 1 aromatic rings. The van der Waals surface area contributed by atoms with E-state index in [1.54, 1.807) is 6.20 Å². The largest absolute Gasteiger partial charge is 0.378 e. The molecule has 0 bridgehead atoms. The molecule has 1 aromatic heterocycles. The minimum atomic E-state index is 0.0625. The predicted molar refractivity (Wildman–Crippen MR) is 82.4 cm³/mol. The third kappa shape index (κ3) is 3.82. The highest BCUT2D eigenvalue weighted by atomic mass is 16.5. The second-order valence-corrected chi connectivity index (χ2v) is 5.52. The molecule has 1 aliphatic carbocycles. The highest BCUT2D eigenvalue weighted by molar-refractivity contribution is 5.90. The van der Waals surface area contributed by atoms with Gasteiger partial charge in [0.1, 0.15) is 5.82 Å². The molecule has 21 heavy (non-hydrogen) atoms. The van der Waals surface area contributed by atoms with Gasteiger partial charge < -0.3 is 15.0 Å². The summed E-state index contributed by atoms with van der Waals surface area (Å²) in [6.07, 6.45) is 8.75. The first-order valence-electron chi connectivity index (χ1n) is 7.56. The Labute approximate surface area is 125 Å². The minimum absolute atomic E-state index is 0.0625. The zero-order valence-corrected chi connectivity index (χ0v) is 12.1. The van der Waals surface area contributed by atoms with Crippen LogP contribution in [0.15, 0.2) is 30.5 Å². The molecule has 112 valence electrons. The van der Waals surface area contributed by atoms with Crippen molar-refractivity contribution in [2.75, 3.05) is 36.5 Å². The van der Waals surface area contributed by atoms with Gasteiger partial charge in [-0.05, 0) is 30.9 Å². The van der Waals surface area contributed by atoms with E-state index in [-0.39, 0.29) is 5.91 Å². The SMILES string of the molecule is O=C(C[C@H]1C=CCC1)Nc1ccc(N2CCOCC2)nc1.